The Kier molecular flexibility index (Phi) is 3.21. The monoisotopic (exact) mass is 370 g/mol. The van der Waals surface area contributed by atoms with Crippen LogP contribution in [0.5, 0.6) is 0 Å². The number of rotatable bonds is 3. The van der Waals surface area contributed by atoms with Crippen LogP contribution in [-0.4, -0.2) is 18.9 Å². The number of hydrogen-bond acceptors (Lipinski definition) is 3. The van der Waals surface area contributed by atoms with Crippen molar-refractivity contribution in [2.24, 2.45) is 17.8 Å². The van der Waals surface area contributed by atoms with E-state index in [2.05, 4.69) is 25.6 Å². The van der Waals surface area contributed by atoms with Crippen molar-refractivity contribution in [3.8, 4) is 0 Å². The second-order valence-corrected chi connectivity index (χ2v) is 9.66. The predicted molar refractivity (Wildman–Crippen MR) is 83.2 cm³/mol. The first-order valence-electron chi connectivity index (χ1n) is 7.60. The normalized spacial score (nSPS) is 37.9. The molecule has 0 amide bonds. The molecule has 4 aliphatic carbocycles. The minimum atomic E-state index is -3.52. The van der Waals surface area contributed by atoms with E-state index >= 15 is 0 Å². The van der Waals surface area contributed by atoms with Gasteiger partial charge in [-0.3, -0.25) is 0 Å². The van der Waals surface area contributed by atoms with Crippen LogP contribution in [0, 0.1) is 17.8 Å². The molecule has 21 heavy (non-hydrogen) atoms. The molecule has 4 nitrogen and oxygen atoms in total. The van der Waals surface area contributed by atoms with Gasteiger partial charge in [-0.15, -0.1) is 0 Å². The van der Waals surface area contributed by atoms with E-state index in [1.165, 1.54) is 25.5 Å². The number of sulfonamides is 1. The first-order chi connectivity index (χ1) is 9.94. The lowest BCUT2D eigenvalue weighted by atomic mass is 9.53. The zero-order valence-corrected chi connectivity index (χ0v) is 14.2. The molecule has 1 N–H and O–H groups in total. The van der Waals surface area contributed by atoms with Crippen LogP contribution >= 0.6 is 15.9 Å². The van der Waals surface area contributed by atoms with Gasteiger partial charge in [0.05, 0.1) is 0 Å². The molecule has 0 unspecified atom stereocenters. The van der Waals surface area contributed by atoms with E-state index in [0.717, 1.165) is 41.5 Å². The molecular weight excluding hydrogens is 352 g/mol. The van der Waals surface area contributed by atoms with Crippen molar-refractivity contribution in [3.63, 3.8) is 0 Å². The van der Waals surface area contributed by atoms with Gasteiger partial charge in [-0.05, 0) is 84.3 Å². The largest absolute Gasteiger partial charge is 0.258 e. The molecule has 114 valence electrons. The van der Waals surface area contributed by atoms with Gasteiger partial charge < -0.3 is 0 Å². The van der Waals surface area contributed by atoms with Crippen molar-refractivity contribution in [2.75, 3.05) is 0 Å². The Morgan fingerprint density at radius 1 is 1.10 bits per heavy atom. The summed E-state index contributed by atoms with van der Waals surface area (Å²) >= 11 is 3.29. The van der Waals surface area contributed by atoms with Gasteiger partial charge in [0.1, 0.15) is 0 Å². The van der Waals surface area contributed by atoms with Crippen molar-refractivity contribution < 1.29 is 8.42 Å². The van der Waals surface area contributed by atoms with Gasteiger partial charge in [-0.25, -0.2) is 18.1 Å². The fourth-order valence-corrected chi connectivity index (χ4v) is 6.69. The Balaban J connectivity index is 1.61. The molecule has 4 bridgehead atoms. The number of nitrogens with one attached hydrogen (secondary N) is 1. The molecule has 1 aromatic heterocycles. The number of halogens is 1. The summed E-state index contributed by atoms with van der Waals surface area (Å²) in [6.45, 7) is 0. The molecule has 4 fully saturated rings. The van der Waals surface area contributed by atoms with Crippen molar-refractivity contribution in [1.29, 1.82) is 0 Å². The average Bonchev–Trinajstić information content (AvgIpc) is 2.36. The lowest BCUT2D eigenvalue weighted by Crippen LogP contribution is -2.59. The standard InChI is InChI=1S/C15H19BrN2O2S/c16-13-1-2-14(17-9-13)21(19,20)18-15-6-10-3-11(7-15)5-12(4-10)8-15/h1-2,9-12,18H,3-8H2. The van der Waals surface area contributed by atoms with Crippen LogP contribution in [0.3, 0.4) is 0 Å². The lowest BCUT2D eigenvalue weighted by molar-refractivity contribution is -0.00813. The third kappa shape index (κ3) is 2.55. The SMILES string of the molecule is O=S(=O)(NC12CC3CC(CC(C3)C1)C2)c1ccc(Br)cn1. The summed E-state index contributed by atoms with van der Waals surface area (Å²) < 4.78 is 29.1. The fourth-order valence-electron chi connectivity index (χ4n) is 5.09. The number of pyridine rings is 1. The molecule has 0 spiro atoms. The summed E-state index contributed by atoms with van der Waals surface area (Å²) in [4.78, 5) is 4.05. The molecular formula is C15H19BrN2O2S. The van der Waals surface area contributed by atoms with Gasteiger partial charge >= 0.3 is 0 Å². The van der Waals surface area contributed by atoms with Crippen molar-refractivity contribution in [2.45, 2.75) is 49.1 Å². The van der Waals surface area contributed by atoms with Crippen molar-refractivity contribution in [3.05, 3.63) is 22.8 Å². The van der Waals surface area contributed by atoms with E-state index in [1.54, 1.807) is 12.1 Å². The second-order valence-electron chi connectivity index (χ2n) is 7.12. The van der Waals surface area contributed by atoms with E-state index < -0.39 is 10.0 Å². The molecule has 0 aliphatic heterocycles. The highest BCUT2D eigenvalue weighted by Gasteiger charge is 2.52. The highest BCUT2D eigenvalue weighted by atomic mass is 79.9. The summed E-state index contributed by atoms with van der Waals surface area (Å²) in [5.74, 6) is 2.16. The number of aromatic nitrogens is 1. The van der Waals surface area contributed by atoms with Gasteiger partial charge in [0.25, 0.3) is 10.0 Å². The first-order valence-corrected chi connectivity index (χ1v) is 9.87. The summed E-state index contributed by atoms with van der Waals surface area (Å²) in [6.07, 6.45) is 8.47. The summed E-state index contributed by atoms with van der Waals surface area (Å²) in [5.41, 5.74) is -0.206. The van der Waals surface area contributed by atoms with E-state index in [4.69, 9.17) is 0 Å². The Morgan fingerprint density at radius 2 is 1.67 bits per heavy atom. The molecule has 6 heteroatoms. The second kappa shape index (κ2) is 4.77. The van der Waals surface area contributed by atoms with E-state index in [9.17, 15) is 8.42 Å². The third-order valence-corrected chi connectivity index (χ3v) is 7.33. The smallest absolute Gasteiger partial charge is 0.242 e. The molecule has 0 atom stereocenters. The summed E-state index contributed by atoms with van der Waals surface area (Å²) in [5, 5.41) is 0.126. The van der Waals surface area contributed by atoms with E-state index in [-0.39, 0.29) is 10.6 Å². The van der Waals surface area contributed by atoms with Crippen LogP contribution in [-0.2, 0) is 10.0 Å². The van der Waals surface area contributed by atoms with Crippen LogP contribution in [0.4, 0.5) is 0 Å². The van der Waals surface area contributed by atoms with Crippen LogP contribution in [0.15, 0.2) is 27.8 Å². The minimum Gasteiger partial charge on any atom is -0.242 e. The molecule has 4 saturated carbocycles. The minimum absolute atomic E-state index is 0.126. The maximum absolute atomic E-state index is 12.6. The maximum atomic E-state index is 12.6. The Morgan fingerprint density at radius 3 is 2.14 bits per heavy atom. The average molecular weight is 371 g/mol. The first kappa shape index (κ1) is 14.2. The zero-order valence-electron chi connectivity index (χ0n) is 11.8. The van der Waals surface area contributed by atoms with E-state index in [1.807, 2.05) is 0 Å². The Labute approximate surface area is 133 Å². The van der Waals surface area contributed by atoms with Gasteiger partial charge in [0, 0.05) is 16.2 Å². The van der Waals surface area contributed by atoms with Crippen LogP contribution in [0.25, 0.3) is 0 Å². The maximum Gasteiger partial charge on any atom is 0.258 e. The Bertz CT molecular complexity index is 621. The molecule has 0 radical (unpaired) electrons. The van der Waals surface area contributed by atoms with Crippen LogP contribution in [0.1, 0.15) is 38.5 Å². The van der Waals surface area contributed by atoms with Gasteiger partial charge in [-0.2, -0.15) is 0 Å². The molecule has 0 aromatic carbocycles. The van der Waals surface area contributed by atoms with Crippen LogP contribution < -0.4 is 4.72 Å². The van der Waals surface area contributed by atoms with E-state index in [0.29, 0.717) is 0 Å². The fraction of sp³-hybridized carbons (Fsp3) is 0.667. The van der Waals surface area contributed by atoms with Crippen molar-refractivity contribution in [1.82, 2.24) is 9.71 Å². The Hall–Kier alpha value is -0.460. The van der Waals surface area contributed by atoms with Gasteiger partial charge in [0.2, 0.25) is 0 Å². The zero-order chi connectivity index (χ0) is 14.7. The lowest BCUT2D eigenvalue weighted by Gasteiger charge is -2.56. The van der Waals surface area contributed by atoms with Gasteiger partial charge in [0.15, 0.2) is 5.03 Å². The summed E-state index contributed by atoms with van der Waals surface area (Å²) in [7, 11) is -3.52. The summed E-state index contributed by atoms with van der Waals surface area (Å²) in [6, 6.07) is 3.29. The topological polar surface area (TPSA) is 59.1 Å². The van der Waals surface area contributed by atoms with Crippen molar-refractivity contribution >= 4 is 26.0 Å². The molecule has 5 rings (SSSR count). The molecule has 4 aliphatic rings. The van der Waals surface area contributed by atoms with Gasteiger partial charge in [-0.1, -0.05) is 0 Å². The number of nitrogens with zero attached hydrogens (tertiary/aromatic N) is 1. The molecule has 0 saturated heterocycles. The highest BCUT2D eigenvalue weighted by Crippen LogP contribution is 2.55. The number of hydrogen-bond donors (Lipinski definition) is 1. The molecule has 1 aromatic rings. The third-order valence-electron chi connectivity index (χ3n) is 5.36. The quantitative estimate of drug-likeness (QED) is 0.888. The molecule has 1 heterocycles. The van der Waals surface area contributed by atoms with Crippen LogP contribution in [0.2, 0.25) is 0 Å². The highest BCUT2D eigenvalue weighted by molar-refractivity contribution is 9.10. The predicted octanol–water partition coefficient (Wildman–Crippen LogP) is 3.09.